The summed E-state index contributed by atoms with van der Waals surface area (Å²) in [4.78, 5) is 14.5. The number of likely N-dealkylation sites (tertiary alicyclic amines) is 1. The molecule has 0 aromatic carbocycles. The Morgan fingerprint density at radius 3 is 2.65 bits per heavy atom. The minimum Gasteiger partial charge on any atom is -0.393 e. The van der Waals surface area contributed by atoms with Crippen molar-refractivity contribution in [3.63, 3.8) is 0 Å². The average Bonchev–Trinajstić information content (AvgIpc) is 2.75. The molecule has 17 heavy (non-hydrogen) atoms. The SMILES string of the molecule is Cn1cc(C(=O)N2CCC(C(N)=S)CC2)cn1. The molecule has 0 saturated carbocycles. The van der Waals surface area contributed by atoms with Gasteiger partial charge in [0.25, 0.3) is 5.91 Å². The van der Waals surface area contributed by atoms with Crippen LogP contribution in [-0.2, 0) is 7.05 Å². The Balaban J connectivity index is 1.97. The molecule has 2 heterocycles. The van der Waals surface area contributed by atoms with Gasteiger partial charge >= 0.3 is 0 Å². The molecule has 6 heteroatoms. The van der Waals surface area contributed by atoms with Gasteiger partial charge in [-0.1, -0.05) is 12.2 Å². The largest absolute Gasteiger partial charge is 0.393 e. The average molecular weight is 252 g/mol. The van der Waals surface area contributed by atoms with Crippen molar-refractivity contribution < 1.29 is 4.79 Å². The molecule has 92 valence electrons. The highest BCUT2D eigenvalue weighted by Crippen LogP contribution is 2.19. The molecule has 1 aliphatic heterocycles. The maximum Gasteiger partial charge on any atom is 0.257 e. The molecule has 0 spiro atoms. The lowest BCUT2D eigenvalue weighted by Crippen LogP contribution is -2.41. The number of nitrogens with two attached hydrogens (primary N) is 1. The number of aromatic nitrogens is 2. The molecule has 2 N–H and O–H groups in total. The van der Waals surface area contributed by atoms with E-state index in [1.165, 1.54) is 0 Å². The van der Waals surface area contributed by atoms with Gasteiger partial charge in [-0.3, -0.25) is 9.48 Å². The Morgan fingerprint density at radius 1 is 1.53 bits per heavy atom. The lowest BCUT2D eigenvalue weighted by atomic mass is 9.96. The second kappa shape index (κ2) is 4.83. The summed E-state index contributed by atoms with van der Waals surface area (Å²) in [6.45, 7) is 1.44. The number of carbonyl (C=O) groups excluding carboxylic acids is 1. The van der Waals surface area contributed by atoms with Crippen molar-refractivity contribution in [3.05, 3.63) is 18.0 Å². The van der Waals surface area contributed by atoms with E-state index in [0.29, 0.717) is 10.6 Å². The van der Waals surface area contributed by atoms with E-state index in [1.54, 1.807) is 24.1 Å². The van der Waals surface area contributed by atoms with E-state index in [4.69, 9.17) is 18.0 Å². The highest BCUT2D eigenvalue weighted by atomic mass is 32.1. The van der Waals surface area contributed by atoms with E-state index < -0.39 is 0 Å². The zero-order chi connectivity index (χ0) is 12.4. The Kier molecular flexibility index (Phi) is 3.42. The van der Waals surface area contributed by atoms with Crippen molar-refractivity contribution in [1.29, 1.82) is 0 Å². The first kappa shape index (κ1) is 12.0. The Hall–Kier alpha value is -1.43. The standard InChI is InChI=1S/C11H16N4OS/c1-14-7-9(6-13-14)11(16)15-4-2-8(3-5-15)10(12)17/h6-8H,2-5H2,1H3,(H2,12,17). The molecule has 0 aliphatic carbocycles. The van der Waals surface area contributed by atoms with E-state index >= 15 is 0 Å². The van der Waals surface area contributed by atoms with E-state index in [1.807, 2.05) is 4.90 Å². The molecule has 1 aromatic heterocycles. The zero-order valence-corrected chi connectivity index (χ0v) is 10.6. The minimum atomic E-state index is 0.0412. The number of hydrogen-bond donors (Lipinski definition) is 1. The normalized spacial score (nSPS) is 17.1. The van der Waals surface area contributed by atoms with Crippen LogP contribution in [-0.4, -0.2) is 38.7 Å². The van der Waals surface area contributed by atoms with Crippen LogP contribution in [0.4, 0.5) is 0 Å². The van der Waals surface area contributed by atoms with Crippen LogP contribution in [0.25, 0.3) is 0 Å². The highest BCUT2D eigenvalue weighted by molar-refractivity contribution is 7.80. The first-order chi connectivity index (χ1) is 8.08. The summed E-state index contributed by atoms with van der Waals surface area (Å²) in [7, 11) is 1.80. The van der Waals surface area contributed by atoms with Crippen molar-refractivity contribution in [2.75, 3.05) is 13.1 Å². The van der Waals surface area contributed by atoms with E-state index in [9.17, 15) is 4.79 Å². The molecule has 0 atom stereocenters. The maximum absolute atomic E-state index is 12.1. The molecular formula is C11H16N4OS. The predicted octanol–water partition coefficient (Wildman–Crippen LogP) is 0.558. The van der Waals surface area contributed by atoms with Crippen molar-refractivity contribution in [3.8, 4) is 0 Å². The monoisotopic (exact) mass is 252 g/mol. The van der Waals surface area contributed by atoms with Gasteiger partial charge in [-0.2, -0.15) is 5.10 Å². The molecule has 0 radical (unpaired) electrons. The van der Waals surface area contributed by atoms with Crippen LogP contribution in [0.5, 0.6) is 0 Å². The molecule has 0 unspecified atom stereocenters. The predicted molar refractivity (Wildman–Crippen MR) is 68.6 cm³/mol. The summed E-state index contributed by atoms with van der Waals surface area (Å²) in [6, 6.07) is 0. The van der Waals surface area contributed by atoms with Gasteiger partial charge in [0.05, 0.1) is 16.7 Å². The summed E-state index contributed by atoms with van der Waals surface area (Å²) in [5.74, 6) is 0.322. The van der Waals surface area contributed by atoms with Crippen LogP contribution in [0.2, 0.25) is 0 Å². The summed E-state index contributed by atoms with van der Waals surface area (Å²) in [5.41, 5.74) is 6.26. The van der Waals surface area contributed by atoms with Crippen LogP contribution >= 0.6 is 12.2 Å². The molecule has 2 rings (SSSR count). The van der Waals surface area contributed by atoms with Crippen molar-refractivity contribution in [2.24, 2.45) is 18.7 Å². The lowest BCUT2D eigenvalue weighted by Gasteiger charge is -2.31. The molecule has 1 aromatic rings. The summed E-state index contributed by atoms with van der Waals surface area (Å²) >= 11 is 4.98. The third kappa shape index (κ3) is 2.63. The van der Waals surface area contributed by atoms with Crippen molar-refractivity contribution in [1.82, 2.24) is 14.7 Å². The number of aryl methyl sites for hydroxylation is 1. The van der Waals surface area contributed by atoms with Gasteiger partial charge in [0.2, 0.25) is 0 Å². The van der Waals surface area contributed by atoms with Crippen LogP contribution < -0.4 is 5.73 Å². The number of thiocarbonyl (C=S) groups is 1. The second-order valence-electron chi connectivity index (χ2n) is 4.37. The number of hydrogen-bond acceptors (Lipinski definition) is 3. The van der Waals surface area contributed by atoms with Gasteiger partial charge in [-0.15, -0.1) is 0 Å². The van der Waals surface area contributed by atoms with Crippen LogP contribution in [0.1, 0.15) is 23.2 Å². The van der Waals surface area contributed by atoms with Crippen LogP contribution in [0.3, 0.4) is 0 Å². The third-order valence-electron chi connectivity index (χ3n) is 3.14. The number of rotatable bonds is 2. The first-order valence-corrected chi connectivity index (χ1v) is 6.06. The zero-order valence-electron chi connectivity index (χ0n) is 9.80. The molecular weight excluding hydrogens is 236 g/mol. The van der Waals surface area contributed by atoms with Gasteiger partial charge in [0.1, 0.15) is 0 Å². The van der Waals surface area contributed by atoms with E-state index in [2.05, 4.69) is 5.10 Å². The smallest absolute Gasteiger partial charge is 0.257 e. The fraction of sp³-hybridized carbons (Fsp3) is 0.545. The second-order valence-corrected chi connectivity index (χ2v) is 4.84. The number of nitrogens with zero attached hydrogens (tertiary/aromatic N) is 3. The summed E-state index contributed by atoms with van der Waals surface area (Å²) in [6.07, 6.45) is 5.06. The number of carbonyl (C=O) groups is 1. The summed E-state index contributed by atoms with van der Waals surface area (Å²) in [5, 5.41) is 4.00. The van der Waals surface area contributed by atoms with Crippen LogP contribution in [0, 0.1) is 5.92 Å². The van der Waals surface area contributed by atoms with Gasteiger partial charge < -0.3 is 10.6 Å². The fourth-order valence-corrected chi connectivity index (χ4v) is 2.32. The van der Waals surface area contributed by atoms with Gasteiger partial charge in [0, 0.05) is 32.3 Å². The summed E-state index contributed by atoms with van der Waals surface area (Å²) < 4.78 is 1.63. The number of amides is 1. The molecule has 5 nitrogen and oxygen atoms in total. The highest BCUT2D eigenvalue weighted by Gasteiger charge is 2.25. The number of piperidine rings is 1. The lowest BCUT2D eigenvalue weighted by molar-refractivity contribution is 0.0710. The minimum absolute atomic E-state index is 0.0412. The molecule has 1 amide bonds. The Labute approximate surface area is 106 Å². The molecule has 0 bridgehead atoms. The van der Waals surface area contributed by atoms with Gasteiger partial charge in [-0.25, -0.2) is 0 Å². The van der Waals surface area contributed by atoms with Gasteiger partial charge in [-0.05, 0) is 12.8 Å². The first-order valence-electron chi connectivity index (χ1n) is 5.65. The Bertz CT molecular complexity index is 434. The molecule has 1 fully saturated rings. The fourth-order valence-electron chi connectivity index (χ4n) is 2.08. The Morgan fingerprint density at radius 2 is 2.18 bits per heavy atom. The quantitative estimate of drug-likeness (QED) is 0.781. The van der Waals surface area contributed by atoms with Crippen molar-refractivity contribution in [2.45, 2.75) is 12.8 Å². The van der Waals surface area contributed by atoms with Crippen molar-refractivity contribution >= 4 is 23.1 Å². The third-order valence-corrected chi connectivity index (χ3v) is 3.47. The maximum atomic E-state index is 12.1. The van der Waals surface area contributed by atoms with Gasteiger partial charge in [0.15, 0.2) is 0 Å². The molecule has 1 saturated heterocycles. The van der Waals surface area contributed by atoms with E-state index in [0.717, 1.165) is 25.9 Å². The van der Waals surface area contributed by atoms with Crippen LogP contribution in [0.15, 0.2) is 12.4 Å². The topological polar surface area (TPSA) is 64.2 Å². The molecule has 1 aliphatic rings. The van der Waals surface area contributed by atoms with E-state index in [-0.39, 0.29) is 11.8 Å².